The zero-order chi connectivity index (χ0) is 18.9. The molecule has 0 aliphatic heterocycles. The van der Waals surface area contributed by atoms with Gasteiger partial charge in [-0.05, 0) is 53.1 Å². The normalized spacial score (nSPS) is 11.0. The lowest BCUT2D eigenvalue weighted by Gasteiger charge is -2.11. The predicted octanol–water partition coefficient (Wildman–Crippen LogP) is 5.46. The maximum absolute atomic E-state index is 10.4. The van der Waals surface area contributed by atoms with Gasteiger partial charge in [0.15, 0.2) is 0 Å². The zero-order valence-corrected chi connectivity index (χ0v) is 15.0. The summed E-state index contributed by atoms with van der Waals surface area (Å²) in [6, 6.07) is 31.5. The number of phenols is 1. The molecule has 0 saturated heterocycles. The van der Waals surface area contributed by atoms with Crippen molar-refractivity contribution in [3.8, 4) is 33.7 Å². The second-order valence-corrected chi connectivity index (χ2v) is 6.63. The molecule has 1 N–H and O–H groups in total. The van der Waals surface area contributed by atoms with E-state index in [1.165, 1.54) is 0 Å². The van der Waals surface area contributed by atoms with Crippen molar-refractivity contribution in [3.05, 3.63) is 97.1 Å². The fraction of sp³-hybridized carbons (Fsp3) is 0. The molecule has 0 bridgehead atoms. The van der Waals surface area contributed by atoms with E-state index >= 15 is 0 Å². The van der Waals surface area contributed by atoms with Gasteiger partial charge in [0.1, 0.15) is 16.8 Å². The van der Waals surface area contributed by atoms with Crippen molar-refractivity contribution in [2.45, 2.75) is 0 Å². The molecule has 0 unspecified atom stereocenters. The van der Waals surface area contributed by atoms with Gasteiger partial charge in [-0.2, -0.15) is 4.80 Å². The summed E-state index contributed by atoms with van der Waals surface area (Å²) in [5.41, 5.74) is 6.36. The third kappa shape index (κ3) is 2.91. The summed E-state index contributed by atoms with van der Waals surface area (Å²) in [6.45, 7) is 0. The van der Waals surface area contributed by atoms with Gasteiger partial charge in [-0.3, -0.25) is 0 Å². The Balaban J connectivity index is 1.74. The van der Waals surface area contributed by atoms with Crippen molar-refractivity contribution in [1.29, 1.82) is 0 Å². The van der Waals surface area contributed by atoms with Crippen LogP contribution in [0.2, 0.25) is 0 Å². The van der Waals surface area contributed by atoms with E-state index in [0.717, 1.165) is 39.0 Å². The van der Waals surface area contributed by atoms with Crippen LogP contribution in [0.4, 0.5) is 0 Å². The summed E-state index contributed by atoms with van der Waals surface area (Å²) in [6.07, 6.45) is 0. The highest BCUT2D eigenvalue weighted by molar-refractivity contribution is 5.79. The van der Waals surface area contributed by atoms with Crippen LogP contribution in [0.25, 0.3) is 39.0 Å². The van der Waals surface area contributed by atoms with Crippen molar-refractivity contribution in [3.63, 3.8) is 0 Å². The second kappa shape index (κ2) is 6.67. The predicted molar refractivity (Wildman–Crippen MR) is 111 cm³/mol. The number of hydrogen-bond acceptors (Lipinski definition) is 3. The van der Waals surface area contributed by atoms with Gasteiger partial charge >= 0.3 is 0 Å². The average Bonchev–Trinajstić information content (AvgIpc) is 3.19. The third-order valence-electron chi connectivity index (χ3n) is 4.76. The first-order valence-electron chi connectivity index (χ1n) is 9.09. The highest BCUT2D eigenvalue weighted by atomic mass is 16.3. The molecule has 1 aromatic heterocycles. The average molecular weight is 363 g/mol. The maximum Gasteiger partial charge on any atom is 0.123 e. The van der Waals surface area contributed by atoms with Crippen molar-refractivity contribution < 1.29 is 5.11 Å². The van der Waals surface area contributed by atoms with Crippen molar-refractivity contribution >= 4 is 11.0 Å². The highest BCUT2D eigenvalue weighted by Gasteiger charge is 2.11. The molecule has 0 amide bonds. The number of benzene rings is 4. The highest BCUT2D eigenvalue weighted by Crippen LogP contribution is 2.34. The lowest BCUT2D eigenvalue weighted by molar-refractivity contribution is 0.477. The van der Waals surface area contributed by atoms with Gasteiger partial charge in [-0.15, -0.1) is 10.2 Å². The third-order valence-corrected chi connectivity index (χ3v) is 4.76. The molecule has 134 valence electrons. The standard InChI is InChI=1S/C24H17N3O/c28-24-13-7-4-10-21(24)19-14-18(17-8-2-1-3-9-17)15-20(16-19)27-25-22-11-5-6-12-23(22)26-27/h1-16,28H. The molecule has 0 aliphatic rings. The molecule has 5 rings (SSSR count). The first kappa shape index (κ1) is 16.3. The van der Waals surface area contributed by atoms with Crippen molar-refractivity contribution in [1.82, 2.24) is 15.0 Å². The molecule has 0 atom stereocenters. The van der Waals surface area contributed by atoms with Crippen LogP contribution < -0.4 is 0 Å². The Morgan fingerprint density at radius 1 is 0.571 bits per heavy atom. The van der Waals surface area contributed by atoms with Gasteiger partial charge in [-0.25, -0.2) is 0 Å². The number of hydrogen-bond donors (Lipinski definition) is 1. The molecule has 0 spiro atoms. The summed E-state index contributed by atoms with van der Waals surface area (Å²) in [4.78, 5) is 1.65. The van der Waals surface area contributed by atoms with Crippen molar-refractivity contribution in [2.75, 3.05) is 0 Å². The zero-order valence-electron chi connectivity index (χ0n) is 15.0. The lowest BCUT2D eigenvalue weighted by Crippen LogP contribution is -1.99. The summed E-state index contributed by atoms with van der Waals surface area (Å²) >= 11 is 0. The van der Waals surface area contributed by atoms with E-state index in [2.05, 4.69) is 34.5 Å². The van der Waals surface area contributed by atoms with Gasteiger partial charge in [0, 0.05) is 5.56 Å². The minimum Gasteiger partial charge on any atom is -0.507 e. The van der Waals surface area contributed by atoms with E-state index in [-0.39, 0.29) is 5.75 Å². The Morgan fingerprint density at radius 2 is 1.18 bits per heavy atom. The van der Waals surface area contributed by atoms with E-state index in [0.29, 0.717) is 0 Å². The first-order chi connectivity index (χ1) is 13.8. The summed E-state index contributed by atoms with van der Waals surface area (Å²) in [5, 5.41) is 19.6. The van der Waals surface area contributed by atoms with E-state index in [1.807, 2.05) is 66.7 Å². The lowest BCUT2D eigenvalue weighted by atomic mass is 9.97. The van der Waals surface area contributed by atoms with Gasteiger partial charge in [-0.1, -0.05) is 60.7 Å². The largest absolute Gasteiger partial charge is 0.507 e. The number of para-hydroxylation sites is 1. The minimum atomic E-state index is 0.247. The maximum atomic E-state index is 10.4. The smallest absolute Gasteiger partial charge is 0.123 e. The van der Waals surface area contributed by atoms with Gasteiger partial charge in [0.2, 0.25) is 0 Å². The van der Waals surface area contributed by atoms with Crippen LogP contribution in [-0.4, -0.2) is 20.1 Å². The SMILES string of the molecule is Oc1ccccc1-c1cc(-c2ccccc2)cc(-n2nc3ccccc3n2)c1. The van der Waals surface area contributed by atoms with Crippen LogP contribution in [0.5, 0.6) is 5.75 Å². The van der Waals surface area contributed by atoms with Crippen LogP contribution in [0.15, 0.2) is 97.1 Å². The van der Waals surface area contributed by atoms with Crippen LogP contribution in [-0.2, 0) is 0 Å². The van der Waals surface area contributed by atoms with Gasteiger partial charge in [0.05, 0.1) is 5.69 Å². The molecule has 0 saturated carbocycles. The number of phenolic OH excluding ortho intramolecular Hbond substituents is 1. The van der Waals surface area contributed by atoms with Crippen LogP contribution in [0.1, 0.15) is 0 Å². The van der Waals surface area contributed by atoms with Gasteiger partial charge in [0.25, 0.3) is 0 Å². The monoisotopic (exact) mass is 363 g/mol. The molecule has 1 heterocycles. The molecule has 28 heavy (non-hydrogen) atoms. The Kier molecular flexibility index (Phi) is 3.87. The fourth-order valence-electron chi connectivity index (χ4n) is 3.37. The fourth-order valence-corrected chi connectivity index (χ4v) is 3.37. The number of rotatable bonds is 3. The van der Waals surface area contributed by atoms with E-state index < -0.39 is 0 Å². The van der Waals surface area contributed by atoms with Crippen LogP contribution in [0.3, 0.4) is 0 Å². The van der Waals surface area contributed by atoms with E-state index in [1.54, 1.807) is 10.9 Å². The molecule has 4 aromatic carbocycles. The molecule has 0 fully saturated rings. The first-order valence-corrected chi connectivity index (χ1v) is 9.09. The number of nitrogens with zero attached hydrogens (tertiary/aromatic N) is 3. The number of fused-ring (bicyclic) bond motifs is 1. The molecule has 0 radical (unpaired) electrons. The molecular weight excluding hydrogens is 346 g/mol. The van der Waals surface area contributed by atoms with E-state index in [4.69, 9.17) is 0 Å². The van der Waals surface area contributed by atoms with E-state index in [9.17, 15) is 5.11 Å². The Bertz CT molecular complexity index is 1240. The molecule has 4 heteroatoms. The van der Waals surface area contributed by atoms with Crippen LogP contribution >= 0.6 is 0 Å². The topological polar surface area (TPSA) is 50.9 Å². The number of aromatic hydroxyl groups is 1. The van der Waals surface area contributed by atoms with Gasteiger partial charge < -0.3 is 5.11 Å². The molecule has 0 aliphatic carbocycles. The second-order valence-electron chi connectivity index (χ2n) is 6.63. The summed E-state index contributed by atoms with van der Waals surface area (Å²) in [7, 11) is 0. The minimum absolute atomic E-state index is 0.247. The van der Waals surface area contributed by atoms with Crippen molar-refractivity contribution in [2.24, 2.45) is 0 Å². The molecule has 4 nitrogen and oxygen atoms in total. The Hall–Kier alpha value is -3.92. The molecular formula is C24H17N3O. The number of aromatic nitrogens is 3. The summed E-state index contributed by atoms with van der Waals surface area (Å²) in [5.74, 6) is 0.247. The molecule has 5 aromatic rings. The Morgan fingerprint density at radius 3 is 1.89 bits per heavy atom. The quantitative estimate of drug-likeness (QED) is 0.463. The van der Waals surface area contributed by atoms with Crippen LogP contribution in [0, 0.1) is 0 Å². The Labute approximate surface area is 162 Å². The summed E-state index contributed by atoms with van der Waals surface area (Å²) < 4.78 is 0.